The van der Waals surface area contributed by atoms with Crippen molar-refractivity contribution in [3.8, 4) is 11.5 Å². The highest BCUT2D eigenvalue weighted by molar-refractivity contribution is 7.17. The first-order valence-electron chi connectivity index (χ1n) is 9.06. The van der Waals surface area contributed by atoms with Crippen LogP contribution in [0.5, 0.6) is 0 Å². The minimum atomic E-state index is -0.0987. The lowest BCUT2D eigenvalue weighted by atomic mass is 10.1. The number of nitrogens with one attached hydrogen (secondary N) is 1. The van der Waals surface area contributed by atoms with Crippen LogP contribution in [0.3, 0.4) is 0 Å². The van der Waals surface area contributed by atoms with E-state index in [1.54, 1.807) is 6.92 Å². The van der Waals surface area contributed by atoms with Gasteiger partial charge in [0.25, 0.3) is 5.89 Å². The zero-order valence-electron chi connectivity index (χ0n) is 15.3. The Morgan fingerprint density at radius 1 is 1.32 bits per heavy atom. The molecule has 0 fully saturated rings. The number of amides is 1. The second-order valence-corrected chi connectivity index (χ2v) is 7.81. The molecule has 1 aromatic carbocycles. The Morgan fingerprint density at radius 3 is 3.07 bits per heavy atom. The zero-order valence-corrected chi connectivity index (χ0v) is 16.1. The van der Waals surface area contributed by atoms with Crippen LogP contribution < -0.4 is 5.32 Å². The van der Waals surface area contributed by atoms with E-state index in [1.165, 1.54) is 11.3 Å². The van der Waals surface area contributed by atoms with Crippen LogP contribution in [0.2, 0.25) is 0 Å². The number of thiophene rings is 1. The maximum atomic E-state index is 12.8. The second kappa shape index (κ2) is 6.88. The molecule has 1 N–H and O–H groups in total. The second-order valence-electron chi connectivity index (χ2n) is 6.71. The Balaban J connectivity index is 1.46. The van der Waals surface area contributed by atoms with Crippen LogP contribution >= 0.6 is 11.3 Å². The van der Waals surface area contributed by atoms with Gasteiger partial charge in [-0.05, 0) is 36.4 Å². The molecule has 1 aliphatic rings. The molecule has 28 heavy (non-hydrogen) atoms. The van der Waals surface area contributed by atoms with Crippen molar-refractivity contribution in [2.45, 2.75) is 26.5 Å². The number of anilines is 1. The summed E-state index contributed by atoms with van der Waals surface area (Å²) in [6.45, 7) is 3.20. The van der Waals surface area contributed by atoms with E-state index in [-0.39, 0.29) is 12.5 Å². The summed E-state index contributed by atoms with van der Waals surface area (Å²) in [5.74, 6) is 0.912. The molecular formula is C20H18N4O3S. The SMILES string of the molecule is Cc1noc(-c2c(NC(=O)Cn3ccc4ccccc43)sc3c2CCOC3)n1. The quantitative estimate of drug-likeness (QED) is 0.570. The number of hydrogen-bond donors (Lipinski definition) is 1. The van der Waals surface area contributed by atoms with Gasteiger partial charge in [0.15, 0.2) is 5.82 Å². The predicted molar refractivity (Wildman–Crippen MR) is 106 cm³/mol. The normalized spacial score (nSPS) is 13.6. The highest BCUT2D eigenvalue weighted by atomic mass is 32.1. The Kier molecular flexibility index (Phi) is 4.22. The average molecular weight is 394 g/mol. The van der Waals surface area contributed by atoms with Gasteiger partial charge in [0.2, 0.25) is 5.91 Å². The summed E-state index contributed by atoms with van der Waals surface area (Å²) < 4.78 is 12.9. The summed E-state index contributed by atoms with van der Waals surface area (Å²) in [4.78, 5) is 18.3. The van der Waals surface area contributed by atoms with E-state index in [0.29, 0.717) is 24.9 Å². The van der Waals surface area contributed by atoms with Crippen LogP contribution in [0.4, 0.5) is 5.00 Å². The summed E-state index contributed by atoms with van der Waals surface area (Å²) in [7, 11) is 0. The molecule has 4 heterocycles. The largest absolute Gasteiger partial charge is 0.376 e. The summed E-state index contributed by atoms with van der Waals surface area (Å²) in [5.41, 5.74) is 2.99. The molecule has 1 amide bonds. The van der Waals surface area contributed by atoms with Gasteiger partial charge in [0, 0.05) is 16.6 Å². The number of carbonyl (C=O) groups is 1. The molecule has 0 aliphatic carbocycles. The van der Waals surface area contributed by atoms with E-state index in [0.717, 1.165) is 38.3 Å². The monoisotopic (exact) mass is 394 g/mol. The number of aromatic nitrogens is 3. The van der Waals surface area contributed by atoms with Gasteiger partial charge in [-0.1, -0.05) is 23.4 Å². The number of ether oxygens (including phenoxy) is 1. The van der Waals surface area contributed by atoms with Gasteiger partial charge in [-0.3, -0.25) is 4.79 Å². The van der Waals surface area contributed by atoms with E-state index in [1.807, 2.05) is 41.1 Å². The molecule has 1 aliphatic heterocycles. The van der Waals surface area contributed by atoms with Gasteiger partial charge >= 0.3 is 0 Å². The lowest BCUT2D eigenvalue weighted by molar-refractivity contribution is -0.116. The summed E-state index contributed by atoms with van der Waals surface area (Å²) in [6.07, 6.45) is 2.69. The third-order valence-corrected chi connectivity index (χ3v) is 5.93. The van der Waals surface area contributed by atoms with Gasteiger partial charge in [-0.25, -0.2) is 0 Å². The van der Waals surface area contributed by atoms with E-state index >= 15 is 0 Å². The van der Waals surface area contributed by atoms with Crippen molar-refractivity contribution in [1.82, 2.24) is 14.7 Å². The number of nitrogens with zero attached hydrogens (tertiary/aromatic N) is 3. The smallest absolute Gasteiger partial charge is 0.261 e. The highest BCUT2D eigenvalue weighted by Crippen LogP contribution is 2.42. The molecule has 0 atom stereocenters. The summed E-state index contributed by atoms with van der Waals surface area (Å²) in [5, 5.41) is 8.81. The summed E-state index contributed by atoms with van der Waals surface area (Å²) >= 11 is 1.52. The molecule has 0 unspecified atom stereocenters. The predicted octanol–water partition coefficient (Wildman–Crippen LogP) is 3.77. The third-order valence-electron chi connectivity index (χ3n) is 4.81. The van der Waals surface area contributed by atoms with Crippen molar-refractivity contribution in [1.29, 1.82) is 0 Å². The van der Waals surface area contributed by atoms with Crippen LogP contribution in [0, 0.1) is 6.92 Å². The van der Waals surface area contributed by atoms with Crippen LogP contribution in [-0.2, 0) is 29.1 Å². The fourth-order valence-electron chi connectivity index (χ4n) is 3.54. The van der Waals surface area contributed by atoms with E-state index in [9.17, 15) is 4.79 Å². The first-order valence-corrected chi connectivity index (χ1v) is 9.87. The Labute approximate surface area is 164 Å². The minimum absolute atomic E-state index is 0.0987. The highest BCUT2D eigenvalue weighted by Gasteiger charge is 2.26. The number of aryl methyl sites for hydroxylation is 1. The average Bonchev–Trinajstić information content (AvgIpc) is 3.39. The molecule has 3 aromatic heterocycles. The number of rotatable bonds is 4. The Bertz CT molecular complexity index is 1170. The number of fused-ring (bicyclic) bond motifs is 2. The van der Waals surface area contributed by atoms with E-state index in [2.05, 4.69) is 15.5 Å². The van der Waals surface area contributed by atoms with Crippen molar-refractivity contribution >= 4 is 33.1 Å². The third kappa shape index (κ3) is 3.00. The first-order chi connectivity index (χ1) is 13.7. The van der Waals surface area contributed by atoms with Crippen LogP contribution in [0.15, 0.2) is 41.1 Å². The lowest BCUT2D eigenvalue weighted by Gasteiger charge is -2.12. The van der Waals surface area contributed by atoms with E-state index in [4.69, 9.17) is 9.26 Å². The Hall–Kier alpha value is -2.97. The zero-order chi connectivity index (χ0) is 19.1. The fraction of sp³-hybridized carbons (Fsp3) is 0.250. The van der Waals surface area contributed by atoms with Gasteiger partial charge in [-0.2, -0.15) is 4.98 Å². The molecule has 7 nitrogen and oxygen atoms in total. The molecule has 0 saturated carbocycles. The topological polar surface area (TPSA) is 82.2 Å². The lowest BCUT2D eigenvalue weighted by Crippen LogP contribution is -2.18. The molecule has 8 heteroatoms. The molecule has 0 spiro atoms. The van der Waals surface area contributed by atoms with Crippen LogP contribution in [0.25, 0.3) is 22.4 Å². The van der Waals surface area contributed by atoms with Gasteiger partial charge in [-0.15, -0.1) is 11.3 Å². The Morgan fingerprint density at radius 2 is 2.21 bits per heavy atom. The molecular weight excluding hydrogens is 376 g/mol. The van der Waals surface area contributed by atoms with Crippen molar-refractivity contribution in [2.24, 2.45) is 0 Å². The number of hydrogen-bond acceptors (Lipinski definition) is 6. The molecule has 0 bridgehead atoms. The number of benzene rings is 1. The number of para-hydroxylation sites is 1. The van der Waals surface area contributed by atoms with E-state index < -0.39 is 0 Å². The van der Waals surface area contributed by atoms with Crippen molar-refractivity contribution in [3.05, 3.63) is 52.8 Å². The standard InChI is InChI=1S/C20H18N4O3S/c1-12-21-19(27-23-12)18-14-7-9-26-11-16(14)28-20(18)22-17(25)10-24-8-6-13-4-2-3-5-15(13)24/h2-6,8H,7,9-11H2,1H3,(H,22,25). The first kappa shape index (κ1) is 17.2. The minimum Gasteiger partial charge on any atom is -0.376 e. The molecule has 0 radical (unpaired) electrons. The van der Waals surface area contributed by atoms with Crippen molar-refractivity contribution in [3.63, 3.8) is 0 Å². The van der Waals surface area contributed by atoms with Crippen molar-refractivity contribution in [2.75, 3.05) is 11.9 Å². The van der Waals surface area contributed by atoms with Gasteiger partial charge in [0.1, 0.15) is 11.5 Å². The molecule has 5 rings (SSSR count). The van der Waals surface area contributed by atoms with Gasteiger partial charge < -0.3 is 19.1 Å². The van der Waals surface area contributed by atoms with Gasteiger partial charge in [0.05, 0.1) is 18.8 Å². The van der Waals surface area contributed by atoms with Crippen molar-refractivity contribution < 1.29 is 14.1 Å². The molecule has 4 aromatic rings. The van der Waals surface area contributed by atoms with Crippen LogP contribution in [-0.4, -0.2) is 27.2 Å². The maximum absolute atomic E-state index is 12.8. The maximum Gasteiger partial charge on any atom is 0.261 e. The molecule has 0 saturated heterocycles. The van der Waals surface area contributed by atoms with Crippen LogP contribution in [0.1, 0.15) is 16.3 Å². The fourth-order valence-corrected chi connectivity index (χ4v) is 4.74. The molecule has 142 valence electrons. The number of carbonyl (C=O) groups excluding carboxylic acids is 1. The summed E-state index contributed by atoms with van der Waals surface area (Å²) in [6, 6.07) is 10.0.